The van der Waals surface area contributed by atoms with Crippen molar-refractivity contribution in [2.24, 2.45) is 0 Å². The molecular formula is C75H126O6. The molecule has 0 aliphatic carbocycles. The Hall–Kier alpha value is -4.19. The molecule has 0 aliphatic heterocycles. The number of ether oxygens (including phenoxy) is 3. The predicted molar refractivity (Wildman–Crippen MR) is 353 cm³/mol. The van der Waals surface area contributed by atoms with Crippen molar-refractivity contribution in [2.45, 2.75) is 322 Å². The average molecular weight is 1120 g/mol. The van der Waals surface area contributed by atoms with E-state index < -0.39 is 6.10 Å². The van der Waals surface area contributed by atoms with Crippen LogP contribution in [0.15, 0.2) is 122 Å². The summed E-state index contributed by atoms with van der Waals surface area (Å²) >= 11 is 0. The lowest BCUT2D eigenvalue weighted by Gasteiger charge is -2.18. The molecule has 1 unspecified atom stereocenters. The van der Waals surface area contributed by atoms with Crippen molar-refractivity contribution in [3.63, 3.8) is 0 Å². The van der Waals surface area contributed by atoms with Crippen LogP contribution in [0.3, 0.4) is 0 Å². The van der Waals surface area contributed by atoms with Crippen LogP contribution in [0.25, 0.3) is 0 Å². The van der Waals surface area contributed by atoms with E-state index in [0.717, 1.165) is 116 Å². The summed E-state index contributed by atoms with van der Waals surface area (Å²) in [5.41, 5.74) is 0. The summed E-state index contributed by atoms with van der Waals surface area (Å²) in [6.45, 7) is 6.35. The molecule has 0 aromatic heterocycles. The summed E-state index contributed by atoms with van der Waals surface area (Å²) in [4.78, 5) is 38.3. The van der Waals surface area contributed by atoms with Gasteiger partial charge in [0.1, 0.15) is 13.2 Å². The van der Waals surface area contributed by atoms with Crippen molar-refractivity contribution in [1.29, 1.82) is 0 Å². The molecular weight excluding hydrogens is 997 g/mol. The van der Waals surface area contributed by atoms with Gasteiger partial charge in [-0.15, -0.1) is 0 Å². The SMILES string of the molecule is CC/C=C\C/C=C\C/C=C\C/C=C\C/C=C\CCCCCCCC(=O)OC(COC(=O)CC/C=C\C/C=C\C/C=C\C/C=C\CC)COC(=O)CCCCCCCCCCCCCCCCCCC/C=C\CCCCCCCCCC. The van der Waals surface area contributed by atoms with Crippen molar-refractivity contribution in [1.82, 2.24) is 0 Å². The Kier molecular flexibility index (Phi) is 64.8. The van der Waals surface area contributed by atoms with Crippen molar-refractivity contribution in [3.8, 4) is 0 Å². The van der Waals surface area contributed by atoms with E-state index in [9.17, 15) is 14.4 Å². The van der Waals surface area contributed by atoms with Gasteiger partial charge in [0.05, 0.1) is 0 Å². The predicted octanol–water partition coefficient (Wildman–Crippen LogP) is 23.6. The first-order valence-corrected chi connectivity index (χ1v) is 34.0. The number of esters is 3. The van der Waals surface area contributed by atoms with E-state index in [1.807, 2.05) is 6.08 Å². The summed E-state index contributed by atoms with van der Waals surface area (Å²) in [6, 6.07) is 0. The molecule has 6 heteroatoms. The highest BCUT2D eigenvalue weighted by molar-refractivity contribution is 5.71. The van der Waals surface area contributed by atoms with E-state index in [2.05, 4.69) is 136 Å². The molecule has 462 valence electrons. The van der Waals surface area contributed by atoms with Gasteiger partial charge in [0.25, 0.3) is 0 Å². The Bertz CT molecular complexity index is 1670. The molecule has 0 rings (SSSR count). The molecule has 0 heterocycles. The van der Waals surface area contributed by atoms with Crippen LogP contribution in [0.2, 0.25) is 0 Å². The maximum atomic E-state index is 12.9. The van der Waals surface area contributed by atoms with E-state index in [1.165, 1.54) is 154 Å². The van der Waals surface area contributed by atoms with Crippen LogP contribution < -0.4 is 0 Å². The normalized spacial score (nSPS) is 12.9. The van der Waals surface area contributed by atoms with Crippen molar-refractivity contribution < 1.29 is 28.6 Å². The topological polar surface area (TPSA) is 78.9 Å². The zero-order valence-corrected chi connectivity index (χ0v) is 53.0. The lowest BCUT2D eigenvalue weighted by molar-refractivity contribution is -0.166. The van der Waals surface area contributed by atoms with Gasteiger partial charge in [0.2, 0.25) is 0 Å². The van der Waals surface area contributed by atoms with E-state index in [0.29, 0.717) is 12.8 Å². The number of unbranched alkanes of at least 4 members (excludes halogenated alkanes) is 30. The van der Waals surface area contributed by atoms with Gasteiger partial charge in [0.15, 0.2) is 6.10 Å². The van der Waals surface area contributed by atoms with Gasteiger partial charge in [-0.25, -0.2) is 0 Å². The Labute approximate surface area is 501 Å². The minimum absolute atomic E-state index is 0.109. The first-order chi connectivity index (χ1) is 40.0. The fourth-order valence-electron chi connectivity index (χ4n) is 9.42. The molecule has 0 amide bonds. The molecule has 81 heavy (non-hydrogen) atoms. The van der Waals surface area contributed by atoms with Crippen LogP contribution in [-0.4, -0.2) is 37.2 Å². The molecule has 0 aromatic carbocycles. The minimum atomic E-state index is -0.821. The van der Waals surface area contributed by atoms with Crippen LogP contribution in [0.1, 0.15) is 316 Å². The lowest BCUT2D eigenvalue weighted by atomic mass is 10.0. The second-order valence-corrected chi connectivity index (χ2v) is 22.3. The zero-order chi connectivity index (χ0) is 58.5. The first kappa shape index (κ1) is 76.8. The highest BCUT2D eigenvalue weighted by Gasteiger charge is 2.19. The average Bonchev–Trinajstić information content (AvgIpc) is 3.46. The van der Waals surface area contributed by atoms with Crippen LogP contribution in [-0.2, 0) is 28.6 Å². The van der Waals surface area contributed by atoms with Gasteiger partial charge in [-0.05, 0) is 116 Å². The quantitative estimate of drug-likeness (QED) is 0.0261. The fraction of sp³-hybridized carbons (Fsp3) is 0.693. The van der Waals surface area contributed by atoms with Crippen LogP contribution >= 0.6 is 0 Å². The molecule has 0 bridgehead atoms. The molecule has 1 atom stereocenters. The first-order valence-electron chi connectivity index (χ1n) is 34.0. The Morgan fingerprint density at radius 1 is 0.259 bits per heavy atom. The standard InChI is InChI=1S/C75H126O6/c1-4-7-10-13-16-19-22-25-27-29-31-33-34-35-36-37-38-39-40-42-43-45-47-50-53-56-59-62-65-68-74(77)80-71-72(70-79-73(76)67-64-61-58-55-52-49-24-21-18-15-12-9-6-3)81-75(78)69-66-63-60-57-54-51-48-46-44-41-32-30-28-26-23-20-17-14-11-8-5-2/h8-9,11-12,17-18,20-21,26,28-29,31-32,41,46,48-49,52,58,61,72H,4-7,10,13-16,19,22-25,27,30,33-40,42-45,47,50-51,53-57,59-60,62-71H2,1-3H3/b11-8-,12-9-,20-17-,21-18-,28-26-,31-29-,41-32-,48-46-,52-49-,61-58-. The third kappa shape index (κ3) is 66.5. The summed E-state index contributed by atoms with van der Waals surface area (Å²) in [6.07, 6.45) is 95.3. The Morgan fingerprint density at radius 3 is 0.840 bits per heavy atom. The van der Waals surface area contributed by atoms with Gasteiger partial charge in [-0.3, -0.25) is 14.4 Å². The summed E-state index contributed by atoms with van der Waals surface area (Å²) < 4.78 is 16.9. The molecule has 0 N–H and O–H groups in total. The second-order valence-electron chi connectivity index (χ2n) is 22.3. The molecule has 0 spiro atoms. The Balaban J connectivity index is 4.31. The molecule has 0 saturated carbocycles. The lowest BCUT2D eigenvalue weighted by Crippen LogP contribution is -2.30. The maximum absolute atomic E-state index is 12.9. The van der Waals surface area contributed by atoms with Crippen LogP contribution in [0.5, 0.6) is 0 Å². The van der Waals surface area contributed by atoms with Gasteiger partial charge in [-0.1, -0.05) is 303 Å². The molecule has 0 saturated heterocycles. The number of hydrogen-bond acceptors (Lipinski definition) is 6. The third-order valence-corrected chi connectivity index (χ3v) is 14.4. The molecule has 0 aliphatic rings. The number of rotatable bonds is 61. The van der Waals surface area contributed by atoms with Gasteiger partial charge in [-0.2, -0.15) is 0 Å². The Morgan fingerprint density at radius 2 is 0.506 bits per heavy atom. The monoisotopic (exact) mass is 1120 g/mol. The molecule has 0 aromatic rings. The third-order valence-electron chi connectivity index (χ3n) is 14.4. The van der Waals surface area contributed by atoms with Crippen molar-refractivity contribution in [3.05, 3.63) is 122 Å². The van der Waals surface area contributed by atoms with E-state index in [-0.39, 0.29) is 44.0 Å². The van der Waals surface area contributed by atoms with E-state index in [1.54, 1.807) is 0 Å². The number of carbonyl (C=O) groups is 3. The highest BCUT2D eigenvalue weighted by Crippen LogP contribution is 2.17. The minimum Gasteiger partial charge on any atom is -0.462 e. The van der Waals surface area contributed by atoms with E-state index >= 15 is 0 Å². The summed E-state index contributed by atoms with van der Waals surface area (Å²) in [5.74, 6) is -1.01. The van der Waals surface area contributed by atoms with Crippen LogP contribution in [0, 0.1) is 0 Å². The van der Waals surface area contributed by atoms with Gasteiger partial charge < -0.3 is 14.2 Å². The molecule has 6 nitrogen and oxygen atoms in total. The smallest absolute Gasteiger partial charge is 0.306 e. The fourth-order valence-corrected chi connectivity index (χ4v) is 9.42. The largest absolute Gasteiger partial charge is 0.462 e. The summed E-state index contributed by atoms with van der Waals surface area (Å²) in [7, 11) is 0. The number of hydrogen-bond donors (Lipinski definition) is 0. The van der Waals surface area contributed by atoms with Crippen molar-refractivity contribution >= 4 is 17.9 Å². The molecule has 0 radical (unpaired) electrons. The summed E-state index contributed by atoms with van der Waals surface area (Å²) in [5, 5.41) is 0. The second kappa shape index (κ2) is 68.3. The van der Waals surface area contributed by atoms with Gasteiger partial charge >= 0.3 is 17.9 Å². The molecule has 0 fully saturated rings. The maximum Gasteiger partial charge on any atom is 0.306 e. The van der Waals surface area contributed by atoms with Gasteiger partial charge in [0, 0.05) is 19.3 Å². The van der Waals surface area contributed by atoms with E-state index in [4.69, 9.17) is 14.2 Å². The van der Waals surface area contributed by atoms with Crippen molar-refractivity contribution in [2.75, 3.05) is 13.2 Å². The zero-order valence-electron chi connectivity index (χ0n) is 53.0. The van der Waals surface area contributed by atoms with Crippen LogP contribution in [0.4, 0.5) is 0 Å². The number of allylic oxidation sites excluding steroid dienone is 20. The number of carbonyl (C=O) groups excluding carboxylic acids is 3. The highest BCUT2D eigenvalue weighted by atomic mass is 16.6.